The van der Waals surface area contributed by atoms with E-state index in [1.54, 1.807) is 6.07 Å². The quantitative estimate of drug-likeness (QED) is 0.146. The molecule has 3 aromatic rings. The highest BCUT2D eigenvalue weighted by molar-refractivity contribution is 6.74. The number of fused-ring (bicyclic) bond motifs is 1. The van der Waals surface area contributed by atoms with Crippen molar-refractivity contribution in [1.29, 1.82) is 0 Å². The maximum absolute atomic E-state index is 12.8. The van der Waals surface area contributed by atoms with Crippen LogP contribution in [0.5, 0.6) is 5.75 Å². The van der Waals surface area contributed by atoms with Gasteiger partial charge in [-0.1, -0.05) is 52.2 Å². The number of nitrogens with one attached hydrogen (secondary N) is 3. The average Bonchev–Trinajstić information content (AvgIpc) is 3.38. The van der Waals surface area contributed by atoms with E-state index in [4.69, 9.17) is 4.43 Å². The molecule has 0 bridgehead atoms. The van der Waals surface area contributed by atoms with Crippen LogP contribution in [-0.2, 0) is 17.5 Å². The van der Waals surface area contributed by atoms with Crippen LogP contribution in [0.3, 0.4) is 0 Å². The number of aromatic amines is 1. The zero-order valence-corrected chi connectivity index (χ0v) is 27.3. The number of carbonyl (C=O) groups is 1. The predicted octanol–water partition coefficient (Wildman–Crippen LogP) is 6.96. The first-order chi connectivity index (χ1) is 19.9. The van der Waals surface area contributed by atoms with Crippen molar-refractivity contribution >= 4 is 25.1 Å². The van der Waals surface area contributed by atoms with E-state index in [1.165, 1.54) is 37.7 Å². The fourth-order valence-corrected chi connectivity index (χ4v) is 6.87. The second kappa shape index (κ2) is 13.8. The van der Waals surface area contributed by atoms with Crippen molar-refractivity contribution in [2.24, 2.45) is 5.92 Å². The van der Waals surface area contributed by atoms with Crippen molar-refractivity contribution in [2.75, 3.05) is 13.1 Å². The molecule has 2 atom stereocenters. The molecule has 1 fully saturated rings. The molecule has 0 unspecified atom stereocenters. The van der Waals surface area contributed by atoms with Gasteiger partial charge < -0.3 is 30.3 Å². The molecule has 1 amide bonds. The Morgan fingerprint density at radius 2 is 1.83 bits per heavy atom. The lowest BCUT2D eigenvalue weighted by Gasteiger charge is -2.40. The summed E-state index contributed by atoms with van der Waals surface area (Å²) in [6.45, 7) is 14.5. The second-order valence-corrected chi connectivity index (χ2v) is 18.5. The normalized spacial score (nSPS) is 16.5. The molecule has 8 heteroatoms. The van der Waals surface area contributed by atoms with Crippen LogP contribution in [0.4, 0.5) is 0 Å². The summed E-state index contributed by atoms with van der Waals surface area (Å²) in [5.41, 5.74) is 4.24. The highest BCUT2D eigenvalue weighted by atomic mass is 28.4. The molecular formula is C34H51N3O4Si. The SMILES string of the molecule is C[C@H](Cc1ccc2[nH]c(C(=O)NCC3CCCCC3)cc2c1)NC[C@H](O[Si](C)(C)C(C)(C)C)c1ccc(O)c(CO)c1. The van der Waals surface area contributed by atoms with Crippen LogP contribution in [0.25, 0.3) is 10.9 Å². The van der Waals surface area contributed by atoms with Crippen molar-refractivity contribution < 1.29 is 19.4 Å². The first kappa shape index (κ1) is 32.3. The first-order valence-corrected chi connectivity index (χ1v) is 18.5. The molecule has 0 aliphatic heterocycles. The van der Waals surface area contributed by atoms with Crippen molar-refractivity contribution in [2.45, 2.75) is 103 Å². The Balaban J connectivity index is 1.40. The molecule has 1 heterocycles. The number of aromatic nitrogens is 1. The van der Waals surface area contributed by atoms with Gasteiger partial charge in [-0.25, -0.2) is 0 Å². The molecule has 0 spiro atoms. The first-order valence-electron chi connectivity index (χ1n) is 15.6. The summed E-state index contributed by atoms with van der Waals surface area (Å²) in [4.78, 5) is 16.1. The minimum absolute atomic E-state index is 0.0280. The van der Waals surface area contributed by atoms with Gasteiger partial charge in [0.05, 0.1) is 12.7 Å². The molecule has 2 aromatic carbocycles. The third-order valence-corrected chi connectivity index (χ3v) is 13.8. The third-order valence-electron chi connectivity index (χ3n) is 9.29. The van der Waals surface area contributed by atoms with Crippen LogP contribution in [-0.4, -0.2) is 48.6 Å². The molecule has 0 radical (unpaired) electrons. The number of benzene rings is 2. The second-order valence-electron chi connectivity index (χ2n) is 13.7. The summed E-state index contributed by atoms with van der Waals surface area (Å²) in [5.74, 6) is 0.670. The van der Waals surface area contributed by atoms with Gasteiger partial charge in [-0.3, -0.25) is 4.79 Å². The van der Waals surface area contributed by atoms with E-state index in [2.05, 4.69) is 74.6 Å². The summed E-state index contributed by atoms with van der Waals surface area (Å²) >= 11 is 0. The number of aromatic hydroxyl groups is 1. The van der Waals surface area contributed by atoms with Crippen molar-refractivity contribution in [3.63, 3.8) is 0 Å². The Bertz CT molecular complexity index is 1340. The van der Waals surface area contributed by atoms with E-state index in [9.17, 15) is 15.0 Å². The molecule has 1 aliphatic rings. The summed E-state index contributed by atoms with van der Waals surface area (Å²) in [6.07, 6.45) is 6.91. The molecule has 5 N–H and O–H groups in total. The summed E-state index contributed by atoms with van der Waals surface area (Å²) < 4.78 is 6.84. The number of H-pyrrole nitrogens is 1. The summed E-state index contributed by atoms with van der Waals surface area (Å²) in [7, 11) is -2.09. The fraction of sp³-hybridized carbons (Fsp3) is 0.559. The van der Waals surface area contributed by atoms with Crippen molar-refractivity contribution in [1.82, 2.24) is 15.6 Å². The zero-order chi connectivity index (χ0) is 30.5. The Morgan fingerprint density at radius 3 is 2.52 bits per heavy atom. The molecule has 4 rings (SSSR count). The maximum Gasteiger partial charge on any atom is 0.267 e. The Labute approximate surface area is 252 Å². The maximum atomic E-state index is 12.8. The molecule has 0 saturated heterocycles. The van der Waals surface area contributed by atoms with E-state index in [-0.39, 0.29) is 35.4 Å². The van der Waals surface area contributed by atoms with Gasteiger partial charge in [-0.2, -0.15) is 0 Å². The lowest BCUT2D eigenvalue weighted by atomic mass is 9.89. The fourth-order valence-electron chi connectivity index (χ4n) is 5.58. The number of phenols is 1. The average molecular weight is 594 g/mol. The Morgan fingerprint density at radius 1 is 1.10 bits per heavy atom. The molecular weight excluding hydrogens is 542 g/mol. The number of rotatable bonds is 12. The molecule has 7 nitrogen and oxygen atoms in total. The van der Waals surface area contributed by atoms with E-state index in [0.29, 0.717) is 23.7 Å². The summed E-state index contributed by atoms with van der Waals surface area (Å²) in [6, 6.07) is 13.9. The van der Waals surface area contributed by atoms with Gasteiger partial charge in [0.15, 0.2) is 8.32 Å². The zero-order valence-electron chi connectivity index (χ0n) is 26.3. The van der Waals surface area contributed by atoms with Gasteiger partial charge in [0.1, 0.15) is 11.4 Å². The van der Waals surface area contributed by atoms with Crippen LogP contribution in [0, 0.1) is 5.92 Å². The molecule has 1 aliphatic carbocycles. The molecule has 1 saturated carbocycles. The lowest BCUT2D eigenvalue weighted by Crippen LogP contribution is -2.44. The highest BCUT2D eigenvalue weighted by Gasteiger charge is 2.39. The van der Waals surface area contributed by atoms with Gasteiger partial charge in [-0.15, -0.1) is 0 Å². The van der Waals surface area contributed by atoms with E-state index >= 15 is 0 Å². The number of aliphatic hydroxyl groups excluding tert-OH is 1. The van der Waals surface area contributed by atoms with Crippen molar-refractivity contribution in [3.05, 3.63) is 64.8 Å². The number of amides is 1. The van der Waals surface area contributed by atoms with Gasteiger partial charge >= 0.3 is 0 Å². The van der Waals surface area contributed by atoms with Gasteiger partial charge in [-0.05, 0) is 91.7 Å². The minimum Gasteiger partial charge on any atom is -0.508 e. The van der Waals surface area contributed by atoms with Crippen LogP contribution < -0.4 is 10.6 Å². The van der Waals surface area contributed by atoms with E-state index in [1.807, 2.05) is 18.2 Å². The summed E-state index contributed by atoms with van der Waals surface area (Å²) in [5, 5.41) is 27.7. The number of carbonyl (C=O) groups excluding carboxylic acids is 1. The molecule has 1 aromatic heterocycles. The van der Waals surface area contributed by atoms with E-state index in [0.717, 1.165) is 29.4 Å². The third kappa shape index (κ3) is 8.25. The number of hydrogen-bond donors (Lipinski definition) is 5. The smallest absolute Gasteiger partial charge is 0.267 e. The number of aliphatic hydroxyl groups is 1. The Kier molecular flexibility index (Phi) is 10.6. The van der Waals surface area contributed by atoms with Crippen LogP contribution in [0.2, 0.25) is 18.1 Å². The van der Waals surface area contributed by atoms with Crippen LogP contribution >= 0.6 is 0 Å². The van der Waals surface area contributed by atoms with Crippen molar-refractivity contribution in [3.8, 4) is 5.75 Å². The van der Waals surface area contributed by atoms with E-state index < -0.39 is 8.32 Å². The van der Waals surface area contributed by atoms with Crippen LogP contribution in [0.1, 0.15) is 93.1 Å². The molecule has 42 heavy (non-hydrogen) atoms. The largest absolute Gasteiger partial charge is 0.508 e. The standard InChI is InChI=1S/C34H51N3O4Si/c1-23(35-21-32(41-42(5,6)34(2,3)4)26-13-15-31(39)28(18-26)22-38)16-25-12-14-29-27(17-25)19-30(37-29)33(40)36-20-24-10-8-7-9-11-24/h12-15,17-19,23-24,32,35,37-39H,7-11,16,20-22H2,1-6H3,(H,36,40)/t23-,32+/m1/s1. The van der Waals surface area contributed by atoms with Gasteiger partial charge in [0.25, 0.3) is 5.91 Å². The monoisotopic (exact) mass is 593 g/mol. The topological polar surface area (TPSA) is 107 Å². The highest BCUT2D eigenvalue weighted by Crippen LogP contribution is 2.40. The minimum atomic E-state index is -2.09. The van der Waals surface area contributed by atoms with Gasteiger partial charge in [0.2, 0.25) is 0 Å². The number of hydrogen-bond acceptors (Lipinski definition) is 5. The molecule has 230 valence electrons. The predicted molar refractivity (Wildman–Crippen MR) is 173 cm³/mol. The van der Waals surface area contributed by atoms with Crippen LogP contribution in [0.15, 0.2) is 42.5 Å². The lowest BCUT2D eigenvalue weighted by molar-refractivity contribution is 0.0939. The Hall–Kier alpha value is -2.65. The van der Waals surface area contributed by atoms with Gasteiger partial charge in [0, 0.05) is 35.6 Å².